The van der Waals surface area contributed by atoms with Crippen LogP contribution in [-0.4, -0.2) is 14.7 Å². The Morgan fingerprint density at radius 2 is 2.00 bits per heavy atom. The first-order valence-electron chi connectivity index (χ1n) is 3.85. The van der Waals surface area contributed by atoms with Gasteiger partial charge < -0.3 is 0 Å². The molecule has 0 aromatic heterocycles. The summed E-state index contributed by atoms with van der Waals surface area (Å²) in [6.07, 6.45) is 1.15. The number of alkyl halides is 1. The largest absolute Gasteiger partial charge is 0.289 e. The van der Waals surface area contributed by atoms with Crippen molar-refractivity contribution in [3.63, 3.8) is 0 Å². The van der Waals surface area contributed by atoms with Gasteiger partial charge in [0, 0.05) is 11.8 Å². The van der Waals surface area contributed by atoms with E-state index in [-0.39, 0.29) is 4.90 Å². The van der Waals surface area contributed by atoms with Gasteiger partial charge in [0.15, 0.2) is 9.84 Å². The van der Waals surface area contributed by atoms with Crippen molar-refractivity contribution in [3.05, 3.63) is 29.8 Å². The molecule has 0 atom stereocenters. The molecule has 0 unspecified atom stereocenters. The lowest BCUT2D eigenvalue weighted by Crippen LogP contribution is -2.02. The maximum atomic E-state index is 11.2. The van der Waals surface area contributed by atoms with Crippen LogP contribution in [0.2, 0.25) is 0 Å². The number of benzene rings is 1. The molecule has 0 fully saturated rings. The molecule has 74 valence electrons. The number of halogens is 1. The molecule has 0 spiro atoms. The predicted molar refractivity (Wildman–Crippen MR) is 51.9 cm³/mol. The predicted octanol–water partition coefficient (Wildman–Crippen LogP) is 1.91. The van der Waals surface area contributed by atoms with Crippen molar-refractivity contribution in [1.82, 2.24) is 0 Å². The Balaban J connectivity index is 2.48. The topological polar surface area (TPSA) is 58.9 Å². The molecule has 0 radical (unpaired) electrons. The third-order valence-electron chi connectivity index (χ3n) is 1.91. The summed E-state index contributed by atoms with van der Waals surface area (Å²) in [5, 5.41) is 6.21. The first-order valence-corrected chi connectivity index (χ1v) is 6.12. The number of nitrogens with zero attached hydrogens (tertiary/aromatic N) is 2. The van der Waals surface area contributed by atoms with Crippen LogP contribution in [0.3, 0.4) is 0 Å². The van der Waals surface area contributed by atoms with E-state index in [0.717, 1.165) is 6.26 Å². The summed E-state index contributed by atoms with van der Waals surface area (Å²) < 4.78 is 22.5. The summed E-state index contributed by atoms with van der Waals surface area (Å²) in [5.41, 5.74) is 0.585. The maximum Gasteiger partial charge on any atom is 0.289 e. The Morgan fingerprint density at radius 1 is 1.36 bits per heavy atom. The molecule has 0 amide bonds. The molecule has 1 aromatic carbocycles. The van der Waals surface area contributed by atoms with Crippen LogP contribution < -0.4 is 0 Å². The summed E-state index contributed by atoms with van der Waals surface area (Å²) in [7, 11) is -3.20. The van der Waals surface area contributed by atoms with Crippen molar-refractivity contribution in [2.75, 3.05) is 6.26 Å². The van der Waals surface area contributed by atoms with Gasteiger partial charge in [-0.25, -0.2) is 8.42 Å². The van der Waals surface area contributed by atoms with Crippen LogP contribution >= 0.6 is 11.6 Å². The molecule has 4 nitrogen and oxygen atoms in total. The molecule has 6 heteroatoms. The van der Waals surface area contributed by atoms with Crippen LogP contribution in [0.4, 0.5) is 0 Å². The fourth-order valence-corrected chi connectivity index (χ4v) is 1.91. The minimum atomic E-state index is -3.20. The second kappa shape index (κ2) is 2.77. The second-order valence-corrected chi connectivity index (χ2v) is 5.63. The Kier molecular flexibility index (Phi) is 1.90. The van der Waals surface area contributed by atoms with Crippen LogP contribution in [0.25, 0.3) is 0 Å². The highest BCUT2D eigenvalue weighted by Crippen LogP contribution is 2.43. The Labute approximate surface area is 86.5 Å². The van der Waals surface area contributed by atoms with Crippen molar-refractivity contribution in [1.29, 1.82) is 0 Å². The molecule has 2 rings (SSSR count). The third-order valence-corrected chi connectivity index (χ3v) is 3.38. The van der Waals surface area contributed by atoms with Gasteiger partial charge in [-0.1, -0.05) is 23.7 Å². The minimum absolute atomic E-state index is 0.229. The summed E-state index contributed by atoms with van der Waals surface area (Å²) >= 11 is 5.86. The molecule has 1 aliphatic heterocycles. The third kappa shape index (κ3) is 1.65. The Bertz CT molecular complexity index is 504. The fourth-order valence-electron chi connectivity index (χ4n) is 1.08. The van der Waals surface area contributed by atoms with Crippen LogP contribution in [0, 0.1) is 0 Å². The Morgan fingerprint density at radius 3 is 2.50 bits per heavy atom. The van der Waals surface area contributed by atoms with Gasteiger partial charge in [-0.2, -0.15) is 0 Å². The van der Waals surface area contributed by atoms with E-state index in [1.807, 2.05) is 0 Å². The van der Waals surface area contributed by atoms with Crippen molar-refractivity contribution in [2.45, 2.75) is 10.0 Å². The highest BCUT2D eigenvalue weighted by atomic mass is 35.5. The summed E-state index contributed by atoms with van der Waals surface area (Å²) in [6, 6.07) is 6.32. The quantitative estimate of drug-likeness (QED) is 0.576. The second-order valence-electron chi connectivity index (χ2n) is 3.09. The van der Waals surface area contributed by atoms with Gasteiger partial charge in [0.05, 0.1) is 4.90 Å². The molecule has 0 saturated carbocycles. The fraction of sp³-hybridized carbons (Fsp3) is 0.250. The van der Waals surface area contributed by atoms with Gasteiger partial charge in [-0.05, 0) is 12.1 Å². The molecule has 0 N–H and O–H groups in total. The van der Waals surface area contributed by atoms with Crippen molar-refractivity contribution in [3.8, 4) is 0 Å². The molecule has 0 saturated heterocycles. The standard InChI is InChI=1S/C8H7ClN2O2S/c1-14(12,13)7-4-2-3-6(5-7)8(9)10-11-8/h2-5H,1H3. The van der Waals surface area contributed by atoms with Gasteiger partial charge in [0.1, 0.15) is 0 Å². The number of sulfone groups is 1. The van der Waals surface area contributed by atoms with E-state index >= 15 is 0 Å². The van der Waals surface area contributed by atoms with Crippen molar-refractivity contribution >= 4 is 21.4 Å². The van der Waals surface area contributed by atoms with E-state index < -0.39 is 15.0 Å². The number of hydrogen-bond donors (Lipinski definition) is 0. The van der Waals surface area contributed by atoms with Crippen LogP contribution in [-0.2, 0) is 15.0 Å². The van der Waals surface area contributed by atoms with Gasteiger partial charge >= 0.3 is 0 Å². The normalized spacial score (nSPS) is 18.1. The maximum absolute atomic E-state index is 11.2. The molecule has 14 heavy (non-hydrogen) atoms. The van der Waals surface area contributed by atoms with Gasteiger partial charge in [-0.15, -0.1) is 10.2 Å². The highest BCUT2D eigenvalue weighted by Gasteiger charge is 2.39. The van der Waals surface area contributed by atoms with Crippen LogP contribution in [0.1, 0.15) is 5.56 Å². The monoisotopic (exact) mass is 230 g/mol. The Hall–Kier alpha value is -0.940. The molecule has 1 aliphatic rings. The zero-order valence-corrected chi connectivity index (χ0v) is 8.88. The van der Waals surface area contributed by atoms with Crippen molar-refractivity contribution in [2.24, 2.45) is 10.2 Å². The average Bonchev–Trinajstić information content (AvgIpc) is 2.84. The molecular formula is C8H7ClN2O2S. The van der Waals surface area contributed by atoms with Gasteiger partial charge in [0.25, 0.3) is 5.12 Å². The van der Waals surface area contributed by atoms with E-state index in [4.69, 9.17) is 11.6 Å². The molecule has 0 aliphatic carbocycles. The average molecular weight is 231 g/mol. The minimum Gasteiger partial charge on any atom is -0.224 e. The zero-order chi connectivity index (χ0) is 10.4. The van der Waals surface area contributed by atoms with Gasteiger partial charge in [0.2, 0.25) is 0 Å². The van der Waals surface area contributed by atoms with Crippen molar-refractivity contribution < 1.29 is 8.42 Å². The van der Waals surface area contributed by atoms with E-state index in [2.05, 4.69) is 10.2 Å². The lowest BCUT2D eigenvalue weighted by molar-refractivity contribution is 0.601. The summed E-state index contributed by atoms with van der Waals surface area (Å²) in [6.45, 7) is 0. The van der Waals surface area contributed by atoms with E-state index in [1.165, 1.54) is 12.1 Å². The van der Waals surface area contributed by atoms with Crippen LogP contribution in [0.15, 0.2) is 39.4 Å². The molecule has 1 heterocycles. The molecular weight excluding hydrogens is 224 g/mol. The highest BCUT2D eigenvalue weighted by molar-refractivity contribution is 7.90. The number of hydrogen-bond acceptors (Lipinski definition) is 4. The van der Waals surface area contributed by atoms with Crippen LogP contribution in [0.5, 0.6) is 0 Å². The smallest absolute Gasteiger partial charge is 0.224 e. The zero-order valence-electron chi connectivity index (χ0n) is 7.31. The number of rotatable bonds is 2. The molecule has 0 bridgehead atoms. The van der Waals surface area contributed by atoms with E-state index in [1.54, 1.807) is 12.1 Å². The SMILES string of the molecule is CS(=O)(=O)c1cccc(C2(Cl)N=N2)c1. The lowest BCUT2D eigenvalue weighted by Gasteiger charge is -2.03. The first kappa shape index (κ1) is 9.61. The first-order chi connectivity index (χ1) is 6.42. The summed E-state index contributed by atoms with van der Waals surface area (Å²) in [5.74, 6) is 0. The summed E-state index contributed by atoms with van der Waals surface area (Å²) in [4.78, 5) is 0.229. The lowest BCUT2D eigenvalue weighted by atomic mass is 10.2. The van der Waals surface area contributed by atoms with E-state index in [0.29, 0.717) is 5.56 Å². The molecule has 1 aromatic rings. The van der Waals surface area contributed by atoms with E-state index in [9.17, 15) is 8.42 Å². The van der Waals surface area contributed by atoms with Gasteiger partial charge in [-0.3, -0.25) is 0 Å².